The normalized spacial score (nSPS) is 17.3. The molecule has 7 nitrogen and oxygen atoms in total. The molecule has 0 spiro atoms. The summed E-state index contributed by atoms with van der Waals surface area (Å²) in [6.45, 7) is 11.3. The molecule has 7 heteroatoms. The molecule has 0 fully saturated rings. The Morgan fingerprint density at radius 3 is 2.31 bits per heavy atom. The van der Waals surface area contributed by atoms with Gasteiger partial charge in [-0.3, -0.25) is 4.79 Å². The smallest absolute Gasteiger partial charge is 0.338 e. The Morgan fingerprint density at radius 1 is 1.21 bits per heavy atom. The molecule has 0 radical (unpaired) electrons. The van der Waals surface area contributed by atoms with E-state index in [-0.39, 0.29) is 23.5 Å². The summed E-state index contributed by atoms with van der Waals surface area (Å²) in [4.78, 5) is 38.5. The van der Waals surface area contributed by atoms with Crippen molar-refractivity contribution in [3.8, 4) is 0 Å². The molecule has 1 atom stereocenters. The lowest BCUT2D eigenvalue weighted by atomic mass is 9.92. The van der Waals surface area contributed by atoms with Crippen molar-refractivity contribution in [3.05, 3.63) is 41.1 Å². The zero-order chi connectivity index (χ0) is 21.9. The van der Waals surface area contributed by atoms with Crippen LogP contribution < -0.4 is 10.6 Å². The van der Waals surface area contributed by atoms with E-state index in [4.69, 9.17) is 4.74 Å². The summed E-state index contributed by atoms with van der Waals surface area (Å²) in [5.41, 5.74) is 2.23. The molecule has 1 aromatic rings. The molecule has 0 aliphatic carbocycles. The van der Waals surface area contributed by atoms with Crippen molar-refractivity contribution in [2.24, 2.45) is 5.41 Å². The zero-order valence-corrected chi connectivity index (χ0v) is 18.3. The average molecular weight is 402 g/mol. The molecule has 2 N–H and O–H groups in total. The van der Waals surface area contributed by atoms with Gasteiger partial charge >= 0.3 is 12.0 Å². The van der Waals surface area contributed by atoms with Gasteiger partial charge < -0.3 is 20.3 Å². The van der Waals surface area contributed by atoms with E-state index in [0.717, 1.165) is 5.56 Å². The van der Waals surface area contributed by atoms with Gasteiger partial charge in [-0.05, 0) is 43.9 Å². The first-order valence-corrected chi connectivity index (χ1v) is 9.75. The highest BCUT2D eigenvalue weighted by Gasteiger charge is 2.35. The lowest BCUT2D eigenvalue weighted by molar-refractivity contribution is -0.143. The number of hydrogen-bond donors (Lipinski definition) is 2. The van der Waals surface area contributed by atoms with Crippen LogP contribution in [0.4, 0.5) is 10.5 Å². The number of ether oxygens (including phenoxy) is 1. The first-order valence-electron chi connectivity index (χ1n) is 9.75. The van der Waals surface area contributed by atoms with E-state index < -0.39 is 12.0 Å². The molecule has 158 valence electrons. The number of carbonyl (C=O) groups excluding carboxylic acids is 3. The molecule has 0 bridgehead atoms. The van der Waals surface area contributed by atoms with Crippen LogP contribution in [0.1, 0.15) is 59.6 Å². The summed E-state index contributed by atoms with van der Waals surface area (Å²) in [5.74, 6) is -0.522. The maximum absolute atomic E-state index is 12.7. The van der Waals surface area contributed by atoms with E-state index in [0.29, 0.717) is 23.4 Å². The molecule has 1 aliphatic heterocycles. The third kappa shape index (κ3) is 5.82. The van der Waals surface area contributed by atoms with Gasteiger partial charge in [0.15, 0.2) is 0 Å². The van der Waals surface area contributed by atoms with Crippen LogP contribution in [-0.4, -0.2) is 36.0 Å². The third-order valence-electron chi connectivity index (χ3n) is 4.54. The summed E-state index contributed by atoms with van der Waals surface area (Å²) < 4.78 is 5.39. The predicted molar refractivity (Wildman–Crippen MR) is 112 cm³/mol. The van der Waals surface area contributed by atoms with E-state index in [1.807, 2.05) is 20.8 Å². The fraction of sp³-hybridized carbons (Fsp3) is 0.500. The maximum atomic E-state index is 12.7. The van der Waals surface area contributed by atoms with Gasteiger partial charge in [0, 0.05) is 24.9 Å². The number of hydrogen-bond acceptors (Lipinski definition) is 4. The molecule has 0 unspecified atom stereocenters. The molecular weight excluding hydrogens is 370 g/mol. The predicted octanol–water partition coefficient (Wildman–Crippen LogP) is 3.98. The molecule has 1 aliphatic rings. The van der Waals surface area contributed by atoms with Crippen molar-refractivity contribution < 1.29 is 19.1 Å². The molecular formula is C22H31N3O4. The van der Waals surface area contributed by atoms with Gasteiger partial charge in [-0.2, -0.15) is 0 Å². The molecule has 0 aromatic heterocycles. The van der Waals surface area contributed by atoms with E-state index in [1.54, 1.807) is 52.1 Å². The Morgan fingerprint density at radius 2 is 1.79 bits per heavy atom. The number of nitrogens with one attached hydrogen (secondary N) is 2. The van der Waals surface area contributed by atoms with Crippen LogP contribution in [0.15, 0.2) is 35.5 Å². The minimum absolute atomic E-state index is 0.0604. The number of carbonyl (C=O) groups is 3. The molecule has 2 rings (SSSR count). The number of esters is 1. The second kappa shape index (κ2) is 8.68. The lowest BCUT2D eigenvalue weighted by Crippen LogP contribution is -2.46. The second-order valence-electron chi connectivity index (χ2n) is 8.80. The average Bonchev–Trinajstić information content (AvgIpc) is 2.57. The molecule has 1 heterocycles. The van der Waals surface area contributed by atoms with Crippen molar-refractivity contribution in [3.63, 3.8) is 0 Å². The Bertz CT molecular complexity index is 819. The van der Waals surface area contributed by atoms with Crippen LogP contribution in [0.3, 0.4) is 0 Å². The Kier molecular flexibility index (Phi) is 6.72. The largest absolute Gasteiger partial charge is 0.459 e. The summed E-state index contributed by atoms with van der Waals surface area (Å²) in [5, 5.41) is 5.72. The van der Waals surface area contributed by atoms with Crippen molar-refractivity contribution in [1.29, 1.82) is 0 Å². The summed E-state index contributed by atoms with van der Waals surface area (Å²) in [6.07, 6.45) is 0.138. The Hall–Kier alpha value is -2.83. The van der Waals surface area contributed by atoms with Crippen LogP contribution in [0.25, 0.3) is 0 Å². The highest BCUT2D eigenvalue weighted by atomic mass is 16.5. The van der Waals surface area contributed by atoms with Crippen molar-refractivity contribution in [2.45, 2.75) is 60.1 Å². The number of anilines is 1. The Balaban J connectivity index is 2.27. The fourth-order valence-corrected chi connectivity index (χ4v) is 3.07. The minimum atomic E-state index is -0.621. The van der Waals surface area contributed by atoms with Gasteiger partial charge in [-0.25, -0.2) is 9.59 Å². The van der Waals surface area contributed by atoms with Crippen LogP contribution in [0.5, 0.6) is 0 Å². The summed E-state index contributed by atoms with van der Waals surface area (Å²) in [6, 6.07) is 6.19. The zero-order valence-electron chi connectivity index (χ0n) is 18.3. The minimum Gasteiger partial charge on any atom is -0.459 e. The van der Waals surface area contributed by atoms with Crippen LogP contribution in [-0.2, 0) is 14.3 Å². The van der Waals surface area contributed by atoms with Gasteiger partial charge in [-0.1, -0.05) is 32.9 Å². The van der Waals surface area contributed by atoms with Crippen molar-refractivity contribution >= 4 is 23.6 Å². The Labute approximate surface area is 172 Å². The maximum Gasteiger partial charge on any atom is 0.338 e. The molecule has 3 amide bonds. The number of benzene rings is 1. The highest BCUT2D eigenvalue weighted by Crippen LogP contribution is 2.31. The number of amides is 3. The molecule has 0 saturated carbocycles. The summed E-state index contributed by atoms with van der Waals surface area (Å²) in [7, 11) is 1.61. The standard InChI is InChI=1S/C22H31N3O4/c1-13(2)29-20(27)18-14(3)25(7)21(28)24-19(18)15-8-10-16(11-9-15)23-17(26)12-22(4,5)6/h8-11,13,19H,12H2,1-7H3,(H,23,26)(H,24,28)/t19-/m1/s1. The van der Waals surface area contributed by atoms with Crippen LogP contribution in [0.2, 0.25) is 0 Å². The monoisotopic (exact) mass is 401 g/mol. The van der Waals surface area contributed by atoms with Gasteiger partial charge in [0.2, 0.25) is 5.91 Å². The van der Waals surface area contributed by atoms with Crippen LogP contribution in [0, 0.1) is 5.41 Å². The van der Waals surface area contributed by atoms with Gasteiger partial charge in [0.05, 0.1) is 17.7 Å². The van der Waals surface area contributed by atoms with Gasteiger partial charge in [-0.15, -0.1) is 0 Å². The number of urea groups is 1. The lowest BCUT2D eigenvalue weighted by Gasteiger charge is -2.33. The SMILES string of the molecule is CC1=C(C(=O)OC(C)C)[C@@H](c2ccc(NC(=O)CC(C)(C)C)cc2)NC(=O)N1C. The third-order valence-corrected chi connectivity index (χ3v) is 4.54. The van der Waals surface area contributed by atoms with E-state index in [1.165, 1.54) is 4.90 Å². The van der Waals surface area contributed by atoms with Crippen LogP contribution >= 0.6 is 0 Å². The number of allylic oxidation sites excluding steroid dienone is 1. The van der Waals surface area contributed by atoms with Crippen molar-refractivity contribution in [2.75, 3.05) is 12.4 Å². The summed E-state index contributed by atoms with van der Waals surface area (Å²) >= 11 is 0. The highest BCUT2D eigenvalue weighted by molar-refractivity contribution is 5.95. The van der Waals surface area contributed by atoms with E-state index in [9.17, 15) is 14.4 Å². The topological polar surface area (TPSA) is 87.7 Å². The molecule has 0 saturated heterocycles. The molecule has 1 aromatic carbocycles. The first kappa shape index (κ1) is 22.5. The number of rotatable bonds is 5. The second-order valence-corrected chi connectivity index (χ2v) is 8.80. The first-order chi connectivity index (χ1) is 13.4. The number of nitrogens with zero attached hydrogens (tertiary/aromatic N) is 1. The molecule has 29 heavy (non-hydrogen) atoms. The van der Waals surface area contributed by atoms with Gasteiger partial charge in [0.25, 0.3) is 0 Å². The van der Waals surface area contributed by atoms with E-state index >= 15 is 0 Å². The van der Waals surface area contributed by atoms with E-state index in [2.05, 4.69) is 10.6 Å². The fourth-order valence-electron chi connectivity index (χ4n) is 3.07. The van der Waals surface area contributed by atoms with Crippen molar-refractivity contribution in [1.82, 2.24) is 10.2 Å². The van der Waals surface area contributed by atoms with Gasteiger partial charge in [0.1, 0.15) is 0 Å². The quantitative estimate of drug-likeness (QED) is 0.731.